The number of nitriles is 1. The monoisotopic (exact) mass is 407 g/mol. The first-order chi connectivity index (χ1) is 13.4. The van der Waals surface area contributed by atoms with E-state index < -0.39 is 26.6 Å². The molecule has 0 amide bonds. The SMILES string of the molecule is N#Cc1cccc(OCCN2CCN(S(=O)(=O)c3ccc(F)cc3F)CC2)c1. The van der Waals surface area contributed by atoms with Gasteiger partial charge in [0, 0.05) is 38.8 Å². The van der Waals surface area contributed by atoms with Gasteiger partial charge in [-0.05, 0) is 30.3 Å². The molecule has 6 nitrogen and oxygen atoms in total. The fraction of sp³-hybridized carbons (Fsp3) is 0.316. The second-order valence-corrected chi connectivity index (χ2v) is 8.21. The molecule has 0 spiro atoms. The van der Waals surface area contributed by atoms with Crippen molar-refractivity contribution in [2.75, 3.05) is 39.3 Å². The van der Waals surface area contributed by atoms with E-state index in [0.29, 0.717) is 43.6 Å². The maximum absolute atomic E-state index is 13.9. The molecule has 1 aliphatic rings. The van der Waals surface area contributed by atoms with Crippen LogP contribution in [-0.4, -0.2) is 57.0 Å². The van der Waals surface area contributed by atoms with Gasteiger partial charge in [-0.2, -0.15) is 9.57 Å². The Labute approximate surface area is 162 Å². The van der Waals surface area contributed by atoms with E-state index in [9.17, 15) is 17.2 Å². The third-order valence-corrected chi connectivity index (χ3v) is 6.41. The average Bonchev–Trinajstić information content (AvgIpc) is 2.68. The highest BCUT2D eigenvalue weighted by Gasteiger charge is 2.30. The molecular formula is C19H19F2N3O3S. The minimum Gasteiger partial charge on any atom is -0.492 e. The van der Waals surface area contributed by atoms with Crippen molar-refractivity contribution in [1.82, 2.24) is 9.21 Å². The van der Waals surface area contributed by atoms with Gasteiger partial charge in [0.25, 0.3) is 0 Å². The number of nitrogens with zero attached hydrogens (tertiary/aromatic N) is 3. The van der Waals surface area contributed by atoms with Crippen LogP contribution in [0.2, 0.25) is 0 Å². The van der Waals surface area contributed by atoms with E-state index in [0.717, 1.165) is 12.1 Å². The quantitative estimate of drug-likeness (QED) is 0.734. The summed E-state index contributed by atoms with van der Waals surface area (Å²) in [6.07, 6.45) is 0. The summed E-state index contributed by atoms with van der Waals surface area (Å²) in [4.78, 5) is 1.53. The Morgan fingerprint density at radius 3 is 2.50 bits per heavy atom. The van der Waals surface area contributed by atoms with Gasteiger partial charge in [-0.3, -0.25) is 4.90 Å². The van der Waals surface area contributed by atoms with Crippen LogP contribution in [0.1, 0.15) is 5.56 Å². The number of halogens is 2. The van der Waals surface area contributed by atoms with Crippen LogP contribution < -0.4 is 4.74 Å². The highest BCUT2D eigenvalue weighted by atomic mass is 32.2. The summed E-state index contributed by atoms with van der Waals surface area (Å²) >= 11 is 0. The van der Waals surface area contributed by atoms with Crippen LogP contribution in [0.15, 0.2) is 47.4 Å². The normalized spacial score (nSPS) is 15.9. The summed E-state index contributed by atoms with van der Waals surface area (Å²) in [7, 11) is -4.00. The molecule has 0 radical (unpaired) electrons. The van der Waals surface area contributed by atoms with Gasteiger partial charge in [-0.15, -0.1) is 0 Å². The van der Waals surface area contributed by atoms with Crippen LogP contribution in [0.25, 0.3) is 0 Å². The third kappa shape index (κ3) is 4.65. The Hall–Kier alpha value is -2.54. The summed E-state index contributed by atoms with van der Waals surface area (Å²) in [6.45, 7) is 2.36. The van der Waals surface area contributed by atoms with Crippen molar-refractivity contribution in [3.8, 4) is 11.8 Å². The molecule has 0 bridgehead atoms. The second-order valence-electron chi connectivity index (χ2n) is 6.31. The van der Waals surface area contributed by atoms with E-state index >= 15 is 0 Å². The predicted molar refractivity (Wildman–Crippen MR) is 98.2 cm³/mol. The van der Waals surface area contributed by atoms with E-state index in [2.05, 4.69) is 0 Å². The van der Waals surface area contributed by atoms with E-state index in [1.807, 2.05) is 11.0 Å². The topological polar surface area (TPSA) is 73.6 Å². The summed E-state index contributed by atoms with van der Waals surface area (Å²) in [5.74, 6) is -1.30. The van der Waals surface area contributed by atoms with Crippen LogP contribution in [-0.2, 0) is 10.0 Å². The molecule has 1 heterocycles. The highest BCUT2D eigenvalue weighted by Crippen LogP contribution is 2.21. The lowest BCUT2D eigenvalue weighted by Gasteiger charge is -2.33. The fourth-order valence-corrected chi connectivity index (χ4v) is 4.43. The van der Waals surface area contributed by atoms with Gasteiger partial charge in [0.05, 0.1) is 11.6 Å². The summed E-state index contributed by atoms with van der Waals surface area (Å²) in [6, 6.07) is 11.4. The minimum absolute atomic E-state index is 0.211. The second kappa shape index (κ2) is 8.65. The van der Waals surface area contributed by atoms with Gasteiger partial charge in [-0.1, -0.05) is 6.07 Å². The van der Waals surface area contributed by atoms with E-state index in [4.69, 9.17) is 10.00 Å². The van der Waals surface area contributed by atoms with Gasteiger partial charge >= 0.3 is 0 Å². The number of ether oxygens (including phenoxy) is 1. The van der Waals surface area contributed by atoms with Gasteiger partial charge in [0.1, 0.15) is 28.9 Å². The lowest BCUT2D eigenvalue weighted by molar-refractivity contribution is 0.158. The number of piperazine rings is 1. The molecule has 148 valence electrons. The molecule has 0 N–H and O–H groups in total. The number of rotatable bonds is 6. The maximum atomic E-state index is 13.9. The summed E-state index contributed by atoms with van der Waals surface area (Å²) in [5.41, 5.74) is 0.518. The zero-order valence-corrected chi connectivity index (χ0v) is 15.8. The first kappa shape index (κ1) is 20.2. The van der Waals surface area contributed by atoms with Gasteiger partial charge < -0.3 is 4.74 Å². The van der Waals surface area contributed by atoms with Gasteiger partial charge in [-0.25, -0.2) is 17.2 Å². The molecule has 1 saturated heterocycles. The molecule has 2 aromatic rings. The van der Waals surface area contributed by atoms with E-state index in [1.54, 1.807) is 24.3 Å². The Morgan fingerprint density at radius 1 is 1.07 bits per heavy atom. The van der Waals surface area contributed by atoms with Crippen molar-refractivity contribution in [1.29, 1.82) is 5.26 Å². The molecule has 0 aromatic heterocycles. The van der Waals surface area contributed by atoms with Crippen LogP contribution in [0.4, 0.5) is 8.78 Å². The Balaban J connectivity index is 1.52. The standard InChI is InChI=1S/C19H19F2N3O3S/c20-16-4-5-19(18(21)13-16)28(25,26)24-8-6-23(7-9-24)10-11-27-17-3-1-2-15(12-17)14-22/h1-5,12-13H,6-11H2. The van der Waals surface area contributed by atoms with E-state index in [1.165, 1.54) is 4.31 Å². The third-order valence-electron chi connectivity index (χ3n) is 4.48. The van der Waals surface area contributed by atoms with Crippen LogP contribution in [0, 0.1) is 23.0 Å². The van der Waals surface area contributed by atoms with Crippen LogP contribution in [0.3, 0.4) is 0 Å². The Bertz CT molecular complexity index is 984. The van der Waals surface area contributed by atoms with Crippen molar-refractivity contribution in [2.45, 2.75) is 4.90 Å². The van der Waals surface area contributed by atoms with Crippen molar-refractivity contribution < 1.29 is 21.9 Å². The molecule has 0 saturated carbocycles. The molecule has 28 heavy (non-hydrogen) atoms. The zero-order valence-electron chi connectivity index (χ0n) is 15.0. The largest absolute Gasteiger partial charge is 0.492 e. The Kier molecular flexibility index (Phi) is 6.24. The number of sulfonamides is 1. The summed E-state index contributed by atoms with van der Waals surface area (Å²) < 4.78 is 58.9. The summed E-state index contributed by atoms with van der Waals surface area (Å²) in [5, 5.41) is 8.89. The lowest BCUT2D eigenvalue weighted by Crippen LogP contribution is -2.49. The maximum Gasteiger partial charge on any atom is 0.246 e. The molecule has 1 fully saturated rings. The van der Waals surface area contributed by atoms with Crippen LogP contribution >= 0.6 is 0 Å². The van der Waals surface area contributed by atoms with E-state index in [-0.39, 0.29) is 13.1 Å². The Morgan fingerprint density at radius 2 is 1.82 bits per heavy atom. The van der Waals surface area contributed by atoms with Crippen molar-refractivity contribution in [3.63, 3.8) is 0 Å². The molecule has 0 aliphatic carbocycles. The van der Waals surface area contributed by atoms with Crippen molar-refractivity contribution in [2.24, 2.45) is 0 Å². The molecule has 9 heteroatoms. The van der Waals surface area contributed by atoms with Gasteiger partial charge in [0.2, 0.25) is 10.0 Å². The predicted octanol–water partition coefficient (Wildman–Crippen LogP) is 2.22. The fourth-order valence-electron chi connectivity index (χ4n) is 2.97. The van der Waals surface area contributed by atoms with Gasteiger partial charge in [0.15, 0.2) is 0 Å². The van der Waals surface area contributed by atoms with Crippen molar-refractivity contribution in [3.05, 3.63) is 59.7 Å². The first-order valence-corrected chi connectivity index (χ1v) is 10.1. The first-order valence-electron chi connectivity index (χ1n) is 8.70. The van der Waals surface area contributed by atoms with Crippen molar-refractivity contribution >= 4 is 10.0 Å². The molecule has 3 rings (SSSR count). The van der Waals surface area contributed by atoms with Crippen LogP contribution in [0.5, 0.6) is 5.75 Å². The molecule has 2 aromatic carbocycles. The molecule has 0 atom stereocenters. The molecule has 1 aliphatic heterocycles. The molecular weight excluding hydrogens is 388 g/mol. The smallest absolute Gasteiger partial charge is 0.246 e. The molecule has 0 unspecified atom stereocenters. The lowest BCUT2D eigenvalue weighted by atomic mass is 10.2. The zero-order chi connectivity index (χ0) is 20.1. The highest BCUT2D eigenvalue weighted by molar-refractivity contribution is 7.89. The minimum atomic E-state index is -4.00. The number of hydrogen-bond acceptors (Lipinski definition) is 5. The number of benzene rings is 2. The average molecular weight is 407 g/mol. The number of hydrogen-bond donors (Lipinski definition) is 0.